The number of aromatic nitrogens is 5. The number of benzene rings is 1. The summed E-state index contributed by atoms with van der Waals surface area (Å²) in [6, 6.07) is 3.50. The third kappa shape index (κ3) is 2.07. The van der Waals surface area contributed by atoms with Crippen molar-refractivity contribution in [2.75, 3.05) is 5.73 Å². The van der Waals surface area contributed by atoms with Crippen molar-refractivity contribution in [3.63, 3.8) is 0 Å². The van der Waals surface area contributed by atoms with Crippen LogP contribution >= 0.6 is 0 Å². The van der Waals surface area contributed by atoms with Gasteiger partial charge in [0.05, 0.1) is 5.56 Å². The van der Waals surface area contributed by atoms with Gasteiger partial charge in [0.1, 0.15) is 18.0 Å². The highest BCUT2D eigenvalue weighted by Gasteiger charge is 2.16. The minimum atomic E-state index is -0.771. The van der Waals surface area contributed by atoms with E-state index in [0.717, 1.165) is 12.1 Å². The van der Waals surface area contributed by atoms with E-state index < -0.39 is 11.6 Å². The van der Waals surface area contributed by atoms with Crippen molar-refractivity contribution < 1.29 is 8.78 Å². The van der Waals surface area contributed by atoms with E-state index in [2.05, 4.69) is 19.9 Å². The molecule has 1 aromatic carbocycles. The van der Waals surface area contributed by atoms with E-state index >= 15 is 0 Å². The molecule has 3 aromatic rings. The van der Waals surface area contributed by atoms with Crippen LogP contribution in [-0.2, 0) is 0 Å². The number of halogens is 2. The molecule has 0 fully saturated rings. The number of rotatable bonds is 2. The van der Waals surface area contributed by atoms with Crippen molar-refractivity contribution in [3.8, 4) is 17.3 Å². The maximum Gasteiger partial charge on any atom is 0.240 e. The van der Waals surface area contributed by atoms with Crippen LogP contribution in [0.15, 0.2) is 36.9 Å². The van der Waals surface area contributed by atoms with Crippen LogP contribution in [0.2, 0.25) is 0 Å². The number of anilines is 1. The molecule has 2 heterocycles. The first kappa shape index (κ1) is 12.2. The van der Waals surface area contributed by atoms with Crippen LogP contribution in [0.5, 0.6) is 0 Å². The van der Waals surface area contributed by atoms with Crippen molar-refractivity contribution in [1.29, 1.82) is 0 Å². The van der Waals surface area contributed by atoms with E-state index in [9.17, 15) is 8.78 Å². The molecule has 8 heteroatoms. The first-order valence-corrected chi connectivity index (χ1v) is 5.59. The summed E-state index contributed by atoms with van der Waals surface area (Å²) >= 11 is 0. The normalized spacial score (nSPS) is 10.7. The molecule has 0 aliphatic heterocycles. The van der Waals surface area contributed by atoms with Gasteiger partial charge in [0, 0.05) is 12.4 Å². The van der Waals surface area contributed by atoms with Gasteiger partial charge in [-0.2, -0.15) is 15.0 Å². The minimum absolute atomic E-state index is 0.132. The topological polar surface area (TPSA) is 82.5 Å². The molecule has 3 rings (SSSR count). The highest BCUT2D eigenvalue weighted by Crippen LogP contribution is 2.23. The van der Waals surface area contributed by atoms with Gasteiger partial charge in [-0.25, -0.2) is 13.8 Å². The molecule has 0 radical (unpaired) electrons. The maximum absolute atomic E-state index is 13.7. The van der Waals surface area contributed by atoms with Gasteiger partial charge < -0.3 is 5.73 Å². The number of hydrogen-bond acceptors (Lipinski definition) is 5. The molecule has 0 spiro atoms. The Morgan fingerprint density at radius 1 is 1.05 bits per heavy atom. The molecular weight excluding hydrogens is 266 g/mol. The Morgan fingerprint density at radius 2 is 1.80 bits per heavy atom. The summed E-state index contributed by atoms with van der Waals surface area (Å²) in [6.45, 7) is 0. The fraction of sp³-hybridized carbons (Fsp3) is 0. The van der Waals surface area contributed by atoms with E-state index in [1.54, 1.807) is 6.20 Å². The van der Waals surface area contributed by atoms with Crippen LogP contribution in [0.4, 0.5) is 14.7 Å². The summed E-state index contributed by atoms with van der Waals surface area (Å²) in [5.74, 6) is -1.72. The van der Waals surface area contributed by atoms with Crippen LogP contribution in [0, 0.1) is 11.6 Å². The highest BCUT2D eigenvalue weighted by atomic mass is 19.1. The zero-order chi connectivity index (χ0) is 14.1. The lowest BCUT2D eigenvalue weighted by Gasteiger charge is -2.06. The number of nitrogen functional groups attached to an aromatic ring is 1. The summed E-state index contributed by atoms with van der Waals surface area (Å²) in [5.41, 5.74) is 5.22. The predicted molar refractivity (Wildman–Crippen MR) is 66.7 cm³/mol. The first-order chi connectivity index (χ1) is 9.65. The van der Waals surface area contributed by atoms with Crippen molar-refractivity contribution in [1.82, 2.24) is 24.5 Å². The molecule has 2 aromatic heterocycles. The molecule has 0 amide bonds. The minimum Gasteiger partial charge on any atom is -0.368 e. The molecule has 20 heavy (non-hydrogen) atoms. The number of nitrogens with two attached hydrogens (primary N) is 1. The Balaban J connectivity index is 2.20. The van der Waals surface area contributed by atoms with Crippen molar-refractivity contribution in [2.24, 2.45) is 0 Å². The van der Waals surface area contributed by atoms with Gasteiger partial charge in [0.25, 0.3) is 0 Å². The first-order valence-electron chi connectivity index (χ1n) is 5.59. The molecule has 0 bridgehead atoms. The van der Waals surface area contributed by atoms with Crippen LogP contribution in [0.3, 0.4) is 0 Å². The summed E-state index contributed by atoms with van der Waals surface area (Å²) in [5, 5.41) is 0. The molecule has 0 atom stereocenters. The second-order valence-corrected chi connectivity index (χ2v) is 3.88. The van der Waals surface area contributed by atoms with Gasteiger partial charge >= 0.3 is 0 Å². The van der Waals surface area contributed by atoms with Crippen molar-refractivity contribution in [2.45, 2.75) is 0 Å². The number of hydrogen-bond donors (Lipinski definition) is 1. The van der Waals surface area contributed by atoms with Crippen LogP contribution < -0.4 is 5.73 Å². The van der Waals surface area contributed by atoms with Gasteiger partial charge in [-0.1, -0.05) is 6.07 Å². The maximum atomic E-state index is 13.7. The third-order valence-electron chi connectivity index (χ3n) is 2.56. The third-order valence-corrected chi connectivity index (χ3v) is 2.56. The molecular formula is C12H8F2N6. The van der Waals surface area contributed by atoms with Crippen LogP contribution in [-0.4, -0.2) is 24.5 Å². The molecule has 6 nitrogen and oxygen atoms in total. The summed E-state index contributed by atoms with van der Waals surface area (Å²) in [7, 11) is 0. The largest absolute Gasteiger partial charge is 0.368 e. The van der Waals surface area contributed by atoms with Gasteiger partial charge in [0.2, 0.25) is 11.9 Å². The summed E-state index contributed by atoms with van der Waals surface area (Å²) < 4.78 is 28.9. The van der Waals surface area contributed by atoms with Gasteiger partial charge in [-0.3, -0.25) is 4.57 Å². The standard InChI is InChI=1S/C12H8F2N6/c13-7-2-1-3-8(14)9(7)10-17-11(15)19-12(18-10)20-5-4-16-6-20/h1-6H,(H2,15,17,18,19). The van der Waals surface area contributed by atoms with Gasteiger partial charge in [-0.05, 0) is 12.1 Å². The molecule has 2 N–H and O–H groups in total. The smallest absolute Gasteiger partial charge is 0.240 e. The number of imidazole rings is 1. The molecule has 0 unspecified atom stereocenters. The van der Waals surface area contributed by atoms with E-state index in [1.165, 1.54) is 23.2 Å². The van der Waals surface area contributed by atoms with Crippen LogP contribution in [0.25, 0.3) is 17.3 Å². The quantitative estimate of drug-likeness (QED) is 0.767. The Morgan fingerprint density at radius 3 is 2.45 bits per heavy atom. The second kappa shape index (κ2) is 4.65. The molecule has 0 saturated carbocycles. The lowest BCUT2D eigenvalue weighted by molar-refractivity contribution is 0.587. The van der Waals surface area contributed by atoms with Crippen molar-refractivity contribution in [3.05, 3.63) is 48.6 Å². The van der Waals surface area contributed by atoms with E-state index in [-0.39, 0.29) is 23.3 Å². The molecule has 100 valence electrons. The molecule has 0 aliphatic carbocycles. The lowest BCUT2D eigenvalue weighted by atomic mass is 10.2. The monoisotopic (exact) mass is 274 g/mol. The fourth-order valence-electron chi connectivity index (χ4n) is 1.70. The van der Waals surface area contributed by atoms with E-state index in [0.29, 0.717) is 0 Å². The average molecular weight is 274 g/mol. The molecule has 0 aliphatic rings. The summed E-state index contributed by atoms with van der Waals surface area (Å²) in [4.78, 5) is 15.5. The van der Waals surface area contributed by atoms with Gasteiger partial charge in [0.15, 0.2) is 5.82 Å². The highest BCUT2D eigenvalue weighted by molar-refractivity contribution is 5.58. The van der Waals surface area contributed by atoms with Gasteiger partial charge in [-0.15, -0.1) is 0 Å². The van der Waals surface area contributed by atoms with E-state index in [4.69, 9.17) is 5.73 Å². The van der Waals surface area contributed by atoms with E-state index in [1.807, 2.05) is 0 Å². The predicted octanol–water partition coefficient (Wildman–Crippen LogP) is 1.58. The Hall–Kier alpha value is -2.90. The Labute approximate surface area is 112 Å². The SMILES string of the molecule is Nc1nc(-c2c(F)cccc2F)nc(-n2ccnc2)n1. The fourth-order valence-corrected chi connectivity index (χ4v) is 1.70. The Kier molecular flexibility index (Phi) is 2.82. The zero-order valence-electron chi connectivity index (χ0n) is 10.0. The van der Waals surface area contributed by atoms with Crippen LogP contribution in [0.1, 0.15) is 0 Å². The second-order valence-electron chi connectivity index (χ2n) is 3.88. The molecule has 0 saturated heterocycles. The zero-order valence-corrected chi connectivity index (χ0v) is 10.0. The Bertz CT molecular complexity index is 736. The average Bonchev–Trinajstić information content (AvgIpc) is 2.91. The number of nitrogens with zero attached hydrogens (tertiary/aromatic N) is 5. The summed E-state index contributed by atoms with van der Waals surface area (Å²) in [6.07, 6.45) is 4.54. The van der Waals surface area contributed by atoms with Crippen molar-refractivity contribution >= 4 is 5.95 Å². The lowest BCUT2D eigenvalue weighted by Crippen LogP contribution is -2.07.